The van der Waals surface area contributed by atoms with E-state index in [1.165, 1.54) is 16.4 Å². The lowest BCUT2D eigenvalue weighted by Gasteiger charge is -2.30. The van der Waals surface area contributed by atoms with E-state index in [0.29, 0.717) is 43.6 Å². The minimum atomic E-state index is -3.84. The lowest BCUT2D eigenvalue weighted by atomic mass is 10.2. The molecule has 0 aromatic heterocycles. The van der Waals surface area contributed by atoms with Crippen molar-refractivity contribution >= 4 is 21.4 Å². The van der Waals surface area contributed by atoms with Crippen molar-refractivity contribution in [2.24, 2.45) is 0 Å². The predicted octanol–water partition coefficient (Wildman–Crippen LogP) is 1.89. The number of hydrogen-bond donors (Lipinski definition) is 0. The van der Waals surface area contributed by atoms with E-state index in [9.17, 15) is 18.5 Å². The Morgan fingerprint density at radius 2 is 1.87 bits per heavy atom. The number of fused-ring (bicyclic) bond motifs is 1. The Kier molecular flexibility index (Phi) is 5.99. The molecular weight excluding hydrogens is 426 g/mol. The van der Waals surface area contributed by atoms with Gasteiger partial charge in [0.05, 0.1) is 29.6 Å². The van der Waals surface area contributed by atoms with Gasteiger partial charge in [0.2, 0.25) is 10.0 Å². The van der Waals surface area contributed by atoms with Crippen molar-refractivity contribution in [3.63, 3.8) is 0 Å². The second-order valence-electron chi connectivity index (χ2n) is 7.30. The maximum atomic E-state index is 12.9. The van der Waals surface area contributed by atoms with E-state index in [-0.39, 0.29) is 29.8 Å². The zero-order valence-electron chi connectivity index (χ0n) is 17.0. The Labute approximate surface area is 180 Å². The number of sulfonamides is 1. The molecule has 0 aliphatic carbocycles. The molecule has 2 aromatic rings. The fourth-order valence-electron chi connectivity index (χ4n) is 3.63. The summed E-state index contributed by atoms with van der Waals surface area (Å²) in [5.74, 6) is 1.28. The van der Waals surface area contributed by atoms with Crippen LogP contribution in [0.25, 0.3) is 0 Å². The number of benzene rings is 2. The second-order valence-corrected chi connectivity index (χ2v) is 9.24. The number of nitro benzene ring substituents is 1. The molecule has 10 nitrogen and oxygen atoms in total. The van der Waals surface area contributed by atoms with Crippen LogP contribution < -0.4 is 14.4 Å². The molecule has 2 aromatic carbocycles. The molecule has 1 saturated heterocycles. The van der Waals surface area contributed by atoms with E-state index in [4.69, 9.17) is 14.2 Å². The van der Waals surface area contributed by atoms with Crippen LogP contribution in [0.4, 0.5) is 11.4 Å². The van der Waals surface area contributed by atoms with E-state index in [0.717, 1.165) is 6.07 Å². The summed E-state index contributed by atoms with van der Waals surface area (Å²) in [5.41, 5.74) is 0.0161. The number of rotatable bonds is 6. The maximum Gasteiger partial charge on any atom is 0.293 e. The first kappa shape index (κ1) is 21.3. The average Bonchev–Trinajstić information content (AvgIpc) is 2.79. The van der Waals surface area contributed by atoms with Crippen LogP contribution in [-0.4, -0.2) is 70.3 Å². The summed E-state index contributed by atoms with van der Waals surface area (Å²) in [7, 11) is -2.14. The SMILES string of the molecule is CN(CC1COc2ccccc2O1)c1ccc(S(=O)(=O)N2CCOCC2)cc1[N+](=O)[O-]. The first-order valence-corrected chi connectivity index (χ1v) is 11.3. The van der Waals surface area contributed by atoms with Gasteiger partial charge >= 0.3 is 0 Å². The Morgan fingerprint density at radius 3 is 2.58 bits per heavy atom. The highest BCUT2D eigenvalue weighted by atomic mass is 32.2. The summed E-state index contributed by atoms with van der Waals surface area (Å²) >= 11 is 0. The summed E-state index contributed by atoms with van der Waals surface area (Å²) in [5, 5.41) is 11.7. The minimum Gasteiger partial charge on any atom is -0.486 e. The van der Waals surface area contributed by atoms with E-state index in [2.05, 4.69) is 0 Å². The predicted molar refractivity (Wildman–Crippen MR) is 112 cm³/mol. The molecule has 0 amide bonds. The molecule has 1 unspecified atom stereocenters. The summed E-state index contributed by atoms with van der Waals surface area (Å²) in [4.78, 5) is 12.7. The first-order valence-electron chi connectivity index (χ1n) is 9.82. The number of nitrogens with zero attached hydrogens (tertiary/aromatic N) is 3. The number of likely N-dealkylation sites (N-methyl/N-ethyl adjacent to an activating group) is 1. The van der Waals surface area contributed by atoms with Crippen LogP contribution in [0, 0.1) is 10.1 Å². The van der Waals surface area contributed by atoms with Crippen molar-refractivity contribution < 1.29 is 27.6 Å². The number of ether oxygens (including phenoxy) is 3. The third-order valence-electron chi connectivity index (χ3n) is 5.21. The molecule has 0 saturated carbocycles. The molecule has 11 heteroatoms. The zero-order valence-corrected chi connectivity index (χ0v) is 17.8. The van der Waals surface area contributed by atoms with Gasteiger partial charge < -0.3 is 19.1 Å². The monoisotopic (exact) mass is 449 g/mol. The zero-order chi connectivity index (χ0) is 22.0. The van der Waals surface area contributed by atoms with Crippen molar-refractivity contribution in [1.82, 2.24) is 4.31 Å². The fraction of sp³-hybridized carbons (Fsp3) is 0.400. The van der Waals surface area contributed by atoms with Gasteiger partial charge in [0, 0.05) is 26.2 Å². The summed E-state index contributed by atoms with van der Waals surface area (Å²) in [6.45, 7) is 1.67. The highest BCUT2D eigenvalue weighted by molar-refractivity contribution is 7.89. The third kappa shape index (κ3) is 4.43. The van der Waals surface area contributed by atoms with Crippen molar-refractivity contribution in [1.29, 1.82) is 0 Å². The van der Waals surface area contributed by atoms with E-state index < -0.39 is 14.9 Å². The second kappa shape index (κ2) is 8.69. The standard InChI is InChI=1S/C20H23N3O7S/c1-21(13-15-14-29-19-4-2-3-5-20(19)30-15)17-7-6-16(12-18(17)23(24)25)31(26,27)22-8-10-28-11-9-22/h2-7,12,15H,8-11,13-14H2,1H3. The van der Waals surface area contributed by atoms with Crippen LogP contribution in [0.3, 0.4) is 0 Å². The molecule has 31 heavy (non-hydrogen) atoms. The van der Waals surface area contributed by atoms with Crippen LogP contribution in [0.2, 0.25) is 0 Å². The largest absolute Gasteiger partial charge is 0.486 e. The summed E-state index contributed by atoms with van der Waals surface area (Å²) in [6, 6.07) is 11.3. The van der Waals surface area contributed by atoms with Gasteiger partial charge in [0.15, 0.2) is 17.6 Å². The molecule has 1 atom stereocenters. The third-order valence-corrected chi connectivity index (χ3v) is 7.10. The van der Waals surface area contributed by atoms with Crippen LogP contribution in [0.15, 0.2) is 47.4 Å². The van der Waals surface area contributed by atoms with Gasteiger partial charge in [-0.2, -0.15) is 4.31 Å². The maximum absolute atomic E-state index is 12.9. The van der Waals surface area contributed by atoms with Crippen molar-refractivity contribution in [3.05, 3.63) is 52.6 Å². The van der Waals surface area contributed by atoms with E-state index >= 15 is 0 Å². The lowest BCUT2D eigenvalue weighted by Crippen LogP contribution is -2.40. The highest BCUT2D eigenvalue weighted by Gasteiger charge is 2.30. The van der Waals surface area contributed by atoms with Gasteiger partial charge in [-0.05, 0) is 24.3 Å². The van der Waals surface area contributed by atoms with Gasteiger partial charge in [-0.25, -0.2) is 8.42 Å². The molecule has 0 spiro atoms. The molecule has 2 aliphatic rings. The van der Waals surface area contributed by atoms with Gasteiger partial charge in [-0.1, -0.05) is 12.1 Å². The number of anilines is 1. The minimum absolute atomic E-state index is 0.107. The molecule has 166 valence electrons. The molecule has 2 aliphatic heterocycles. The lowest BCUT2D eigenvalue weighted by molar-refractivity contribution is -0.384. The van der Waals surface area contributed by atoms with Crippen LogP contribution in [0.5, 0.6) is 11.5 Å². The Hall–Kier alpha value is -2.89. The summed E-state index contributed by atoms with van der Waals surface area (Å²) in [6.07, 6.45) is -0.337. The van der Waals surface area contributed by atoms with Gasteiger partial charge in [-0.3, -0.25) is 10.1 Å². The summed E-state index contributed by atoms with van der Waals surface area (Å²) < 4.78 is 43.9. The average molecular weight is 449 g/mol. The number of nitro groups is 1. The molecular formula is C20H23N3O7S. The Bertz CT molecular complexity index is 1070. The van der Waals surface area contributed by atoms with Gasteiger partial charge in [0.25, 0.3) is 5.69 Å². The number of hydrogen-bond acceptors (Lipinski definition) is 8. The molecule has 1 fully saturated rings. The van der Waals surface area contributed by atoms with Crippen molar-refractivity contribution in [2.75, 3.05) is 51.4 Å². The van der Waals surface area contributed by atoms with Gasteiger partial charge in [-0.15, -0.1) is 0 Å². The quantitative estimate of drug-likeness (QED) is 0.486. The molecule has 0 N–H and O–H groups in total. The van der Waals surface area contributed by atoms with E-state index in [1.54, 1.807) is 18.0 Å². The molecule has 0 bridgehead atoms. The molecule has 0 radical (unpaired) electrons. The topological polar surface area (TPSA) is 111 Å². The smallest absolute Gasteiger partial charge is 0.293 e. The Balaban J connectivity index is 1.55. The van der Waals surface area contributed by atoms with Crippen molar-refractivity contribution in [2.45, 2.75) is 11.0 Å². The fourth-order valence-corrected chi connectivity index (χ4v) is 5.05. The molecule has 2 heterocycles. The number of para-hydroxylation sites is 2. The molecule has 4 rings (SSSR count). The number of morpholine rings is 1. The van der Waals surface area contributed by atoms with Crippen LogP contribution in [0.1, 0.15) is 0 Å². The van der Waals surface area contributed by atoms with Crippen LogP contribution >= 0.6 is 0 Å². The van der Waals surface area contributed by atoms with Gasteiger partial charge in [0.1, 0.15) is 12.3 Å². The van der Waals surface area contributed by atoms with Crippen molar-refractivity contribution in [3.8, 4) is 11.5 Å². The highest BCUT2D eigenvalue weighted by Crippen LogP contribution is 2.34. The normalized spacial score (nSPS) is 19.1. The van der Waals surface area contributed by atoms with Crippen LogP contribution in [-0.2, 0) is 14.8 Å². The van der Waals surface area contributed by atoms with E-state index in [1.807, 2.05) is 18.2 Å². The first-order chi connectivity index (χ1) is 14.9. The Morgan fingerprint density at radius 1 is 1.16 bits per heavy atom.